The molecule has 0 unspecified atom stereocenters. The predicted octanol–water partition coefficient (Wildman–Crippen LogP) is 4.85. The molecule has 0 aliphatic carbocycles. The van der Waals surface area contributed by atoms with E-state index >= 15 is 0 Å². The number of carbonyl (C=O) groups excluding carboxylic acids is 1. The molecule has 2 rings (SSSR count). The van der Waals surface area contributed by atoms with Crippen LogP contribution in [0.2, 0.25) is 0 Å². The Hall–Kier alpha value is -1.93. The molecular weight excluding hydrogens is 284 g/mol. The van der Waals surface area contributed by atoms with Crippen LogP contribution in [0, 0.1) is 0 Å². The molecule has 0 atom stereocenters. The molecule has 122 valence electrons. The number of aliphatic hydroxyl groups is 1. The van der Waals surface area contributed by atoms with Crippen LogP contribution in [-0.4, -0.2) is 10.9 Å². The molecule has 2 aromatic rings. The van der Waals surface area contributed by atoms with Gasteiger partial charge in [-0.05, 0) is 17.5 Å². The second-order valence-electron chi connectivity index (χ2n) is 6.03. The van der Waals surface area contributed by atoms with Crippen LogP contribution in [0.15, 0.2) is 60.7 Å². The van der Waals surface area contributed by atoms with Crippen LogP contribution in [0.3, 0.4) is 0 Å². The quantitative estimate of drug-likeness (QED) is 0.672. The van der Waals surface area contributed by atoms with Crippen LogP contribution in [0.1, 0.15) is 56.6 Å². The fourth-order valence-corrected chi connectivity index (χ4v) is 2.92. The summed E-state index contributed by atoms with van der Waals surface area (Å²) >= 11 is 0. The molecule has 0 bridgehead atoms. The Labute approximate surface area is 139 Å². The van der Waals surface area contributed by atoms with Crippen molar-refractivity contribution in [2.24, 2.45) is 0 Å². The van der Waals surface area contributed by atoms with Crippen molar-refractivity contribution in [2.75, 3.05) is 0 Å². The zero-order valence-corrected chi connectivity index (χ0v) is 13.9. The molecule has 0 saturated heterocycles. The van der Waals surface area contributed by atoms with E-state index in [9.17, 15) is 9.90 Å². The highest BCUT2D eigenvalue weighted by Gasteiger charge is 2.38. The molecule has 0 fully saturated rings. The van der Waals surface area contributed by atoms with Gasteiger partial charge >= 0.3 is 0 Å². The SMILES string of the molecule is CCCCCCCC(=O)C(O)(c1ccccc1)c1ccccc1. The van der Waals surface area contributed by atoms with Crippen LogP contribution in [-0.2, 0) is 10.4 Å². The van der Waals surface area contributed by atoms with Gasteiger partial charge < -0.3 is 5.11 Å². The van der Waals surface area contributed by atoms with Crippen LogP contribution >= 0.6 is 0 Å². The first-order valence-corrected chi connectivity index (χ1v) is 8.56. The van der Waals surface area contributed by atoms with Crippen LogP contribution in [0.25, 0.3) is 0 Å². The molecule has 2 heteroatoms. The van der Waals surface area contributed by atoms with E-state index in [2.05, 4.69) is 6.92 Å². The Morgan fingerprint density at radius 2 is 1.30 bits per heavy atom. The number of carbonyl (C=O) groups is 1. The van der Waals surface area contributed by atoms with Gasteiger partial charge in [0.25, 0.3) is 0 Å². The van der Waals surface area contributed by atoms with Crippen molar-refractivity contribution < 1.29 is 9.90 Å². The molecule has 0 saturated carbocycles. The third-order valence-electron chi connectivity index (χ3n) is 4.29. The Kier molecular flexibility index (Phi) is 6.54. The number of hydrogen-bond donors (Lipinski definition) is 1. The van der Waals surface area contributed by atoms with Gasteiger partial charge in [0.2, 0.25) is 0 Å². The first-order chi connectivity index (χ1) is 11.2. The number of Topliss-reactive ketones (excluding diaryl/α,β-unsaturated/α-hetero) is 1. The van der Waals surface area contributed by atoms with Gasteiger partial charge in [0.05, 0.1) is 0 Å². The maximum atomic E-state index is 12.8. The highest BCUT2D eigenvalue weighted by atomic mass is 16.3. The van der Waals surface area contributed by atoms with E-state index in [0.29, 0.717) is 17.5 Å². The highest BCUT2D eigenvalue weighted by molar-refractivity contribution is 5.91. The third kappa shape index (κ3) is 4.29. The van der Waals surface area contributed by atoms with Gasteiger partial charge in [-0.15, -0.1) is 0 Å². The number of ketones is 1. The molecule has 1 N–H and O–H groups in total. The summed E-state index contributed by atoms with van der Waals surface area (Å²) in [6, 6.07) is 18.5. The molecule has 0 aromatic heterocycles. The largest absolute Gasteiger partial charge is 0.373 e. The van der Waals surface area contributed by atoms with Crippen molar-refractivity contribution in [3.05, 3.63) is 71.8 Å². The highest BCUT2D eigenvalue weighted by Crippen LogP contribution is 2.32. The first kappa shape index (κ1) is 17.4. The molecule has 0 heterocycles. The lowest BCUT2D eigenvalue weighted by Gasteiger charge is -2.28. The third-order valence-corrected chi connectivity index (χ3v) is 4.29. The minimum atomic E-state index is -1.55. The minimum absolute atomic E-state index is 0.119. The number of unbranched alkanes of at least 4 members (excludes halogenated alkanes) is 4. The summed E-state index contributed by atoms with van der Waals surface area (Å²) in [4.78, 5) is 12.8. The minimum Gasteiger partial charge on any atom is -0.373 e. The molecule has 2 nitrogen and oxygen atoms in total. The molecule has 0 amide bonds. The zero-order chi connectivity index (χ0) is 16.5. The zero-order valence-electron chi connectivity index (χ0n) is 13.9. The number of benzene rings is 2. The fourth-order valence-electron chi connectivity index (χ4n) is 2.92. The van der Waals surface area contributed by atoms with E-state index in [0.717, 1.165) is 19.3 Å². The van der Waals surface area contributed by atoms with Crippen molar-refractivity contribution in [2.45, 2.75) is 51.0 Å². The molecule has 0 aliphatic rings. The smallest absolute Gasteiger partial charge is 0.173 e. The van der Waals surface area contributed by atoms with Crippen molar-refractivity contribution in [1.29, 1.82) is 0 Å². The van der Waals surface area contributed by atoms with Crippen molar-refractivity contribution in [3.8, 4) is 0 Å². The molecule has 0 spiro atoms. The van der Waals surface area contributed by atoms with Crippen molar-refractivity contribution >= 4 is 5.78 Å². The van der Waals surface area contributed by atoms with E-state index < -0.39 is 5.60 Å². The average Bonchev–Trinajstić information content (AvgIpc) is 2.62. The summed E-state index contributed by atoms with van der Waals surface area (Å²) in [6.45, 7) is 2.18. The van der Waals surface area contributed by atoms with Gasteiger partial charge in [0.1, 0.15) is 0 Å². The van der Waals surface area contributed by atoms with Crippen molar-refractivity contribution in [3.63, 3.8) is 0 Å². The fraction of sp³-hybridized carbons (Fsp3) is 0.381. The molecular formula is C21H26O2. The lowest BCUT2D eigenvalue weighted by Crippen LogP contribution is -2.37. The lowest BCUT2D eigenvalue weighted by atomic mass is 9.81. The van der Waals surface area contributed by atoms with Crippen molar-refractivity contribution in [1.82, 2.24) is 0 Å². The topological polar surface area (TPSA) is 37.3 Å². The Balaban J connectivity index is 2.19. The Bertz CT molecular complexity index is 550. The van der Waals surface area contributed by atoms with Gasteiger partial charge in [-0.2, -0.15) is 0 Å². The second kappa shape index (κ2) is 8.64. The maximum Gasteiger partial charge on any atom is 0.173 e. The van der Waals surface area contributed by atoms with E-state index in [1.807, 2.05) is 60.7 Å². The molecule has 23 heavy (non-hydrogen) atoms. The second-order valence-corrected chi connectivity index (χ2v) is 6.03. The van der Waals surface area contributed by atoms with Crippen LogP contribution in [0.5, 0.6) is 0 Å². The van der Waals surface area contributed by atoms with Gasteiger partial charge in [0, 0.05) is 6.42 Å². The van der Waals surface area contributed by atoms with E-state index in [-0.39, 0.29) is 5.78 Å². The molecule has 0 aliphatic heterocycles. The average molecular weight is 310 g/mol. The summed E-state index contributed by atoms with van der Waals surface area (Å²) in [6.07, 6.45) is 5.82. The van der Waals surface area contributed by atoms with Gasteiger partial charge in [0.15, 0.2) is 11.4 Å². The number of rotatable bonds is 9. The summed E-state index contributed by atoms with van der Waals surface area (Å²) in [5.41, 5.74) is -0.262. The van der Waals surface area contributed by atoms with Crippen LogP contribution < -0.4 is 0 Å². The van der Waals surface area contributed by atoms with E-state index in [1.165, 1.54) is 12.8 Å². The summed E-state index contributed by atoms with van der Waals surface area (Å²) in [5.74, 6) is -0.119. The molecule has 2 aromatic carbocycles. The lowest BCUT2D eigenvalue weighted by molar-refractivity contribution is -0.134. The monoisotopic (exact) mass is 310 g/mol. The van der Waals surface area contributed by atoms with E-state index in [4.69, 9.17) is 0 Å². The number of hydrogen-bond acceptors (Lipinski definition) is 2. The summed E-state index contributed by atoms with van der Waals surface area (Å²) in [7, 11) is 0. The normalized spacial score (nSPS) is 11.4. The Morgan fingerprint density at radius 1 is 0.826 bits per heavy atom. The van der Waals surface area contributed by atoms with Gasteiger partial charge in [-0.3, -0.25) is 4.79 Å². The summed E-state index contributed by atoms with van der Waals surface area (Å²) < 4.78 is 0. The first-order valence-electron chi connectivity index (χ1n) is 8.56. The maximum absolute atomic E-state index is 12.8. The summed E-state index contributed by atoms with van der Waals surface area (Å²) in [5, 5.41) is 11.3. The van der Waals surface area contributed by atoms with Crippen LogP contribution in [0.4, 0.5) is 0 Å². The van der Waals surface area contributed by atoms with E-state index in [1.54, 1.807) is 0 Å². The predicted molar refractivity (Wildman–Crippen MR) is 94.3 cm³/mol. The van der Waals surface area contributed by atoms with Gasteiger partial charge in [-0.25, -0.2) is 0 Å². The standard InChI is InChI=1S/C21H26O2/c1-2-3-4-5-12-17-20(22)21(23,18-13-8-6-9-14-18)19-15-10-7-11-16-19/h6-11,13-16,23H,2-5,12,17H2,1H3. The molecule has 0 radical (unpaired) electrons. The Morgan fingerprint density at radius 3 is 1.78 bits per heavy atom. The van der Waals surface area contributed by atoms with Gasteiger partial charge in [-0.1, -0.05) is 93.3 Å².